The number of carbonyl (C=O) groups excluding carboxylic acids is 4. The number of fused-ring (bicyclic) bond motifs is 10. The first kappa shape index (κ1) is 31.9. The van der Waals surface area contributed by atoms with Gasteiger partial charge in [-0.1, -0.05) is 24.3 Å². The largest absolute Gasteiger partial charge is 0.457 e. The second kappa shape index (κ2) is 11.6. The van der Waals surface area contributed by atoms with Crippen molar-refractivity contribution in [2.75, 3.05) is 9.80 Å². The third-order valence-corrected chi connectivity index (χ3v) is 13.7. The van der Waals surface area contributed by atoms with Gasteiger partial charge in [0.2, 0.25) is 33.5 Å². The highest BCUT2D eigenvalue weighted by molar-refractivity contribution is 7.91. The molecular weight excluding hydrogens is 693 g/mol. The van der Waals surface area contributed by atoms with Gasteiger partial charge in [0, 0.05) is 0 Å². The van der Waals surface area contributed by atoms with Crippen molar-refractivity contribution in [2.24, 2.45) is 47.3 Å². The molecule has 2 heterocycles. The molecular formula is C42H32N2O8S. The molecule has 2 aliphatic heterocycles. The van der Waals surface area contributed by atoms with Crippen LogP contribution in [0.5, 0.6) is 23.0 Å². The van der Waals surface area contributed by atoms with Crippen LogP contribution in [0.3, 0.4) is 0 Å². The van der Waals surface area contributed by atoms with Gasteiger partial charge in [0.05, 0.1) is 44.8 Å². The van der Waals surface area contributed by atoms with Gasteiger partial charge in [0.25, 0.3) is 0 Å². The third-order valence-electron chi connectivity index (χ3n) is 11.9. The fourth-order valence-electron chi connectivity index (χ4n) is 9.42. The van der Waals surface area contributed by atoms with Gasteiger partial charge < -0.3 is 9.47 Å². The molecule has 11 heteroatoms. The molecule has 0 unspecified atom stereocenters. The zero-order chi connectivity index (χ0) is 36.2. The average molecular weight is 725 g/mol. The summed E-state index contributed by atoms with van der Waals surface area (Å²) in [4.78, 5) is 55.3. The van der Waals surface area contributed by atoms with E-state index in [0.29, 0.717) is 34.4 Å². The summed E-state index contributed by atoms with van der Waals surface area (Å²) in [7, 11) is -3.85. The van der Waals surface area contributed by atoms with Gasteiger partial charge in [-0.2, -0.15) is 0 Å². The highest BCUT2D eigenvalue weighted by Crippen LogP contribution is 2.54. The molecule has 0 N–H and O–H groups in total. The number of anilines is 2. The number of ether oxygens (including phenoxy) is 2. The molecule has 8 atom stereocenters. The monoisotopic (exact) mass is 724 g/mol. The second-order valence-corrected chi connectivity index (χ2v) is 16.6. The zero-order valence-corrected chi connectivity index (χ0v) is 29.0. The predicted molar refractivity (Wildman–Crippen MR) is 192 cm³/mol. The van der Waals surface area contributed by atoms with Crippen LogP contribution >= 0.6 is 0 Å². The Morgan fingerprint density at radius 3 is 0.962 bits per heavy atom. The predicted octanol–water partition coefficient (Wildman–Crippen LogP) is 6.73. The SMILES string of the molecule is O=C1[C@H]2[C@H](C(=O)N1c1ccc(Oc3ccc(S(=O)(=O)c4ccc(Oc5ccc(N6C(=O)[C@H]7[C@H](C6=O)[C@H]6C=C[C@H]7C6)cc5)cc4)cc3)cc1)[C@H]1C=C[C@H]2C1. The van der Waals surface area contributed by atoms with Gasteiger partial charge in [0.15, 0.2) is 0 Å². The molecule has 0 radical (unpaired) electrons. The molecule has 4 aliphatic carbocycles. The van der Waals surface area contributed by atoms with E-state index in [1.165, 1.54) is 34.1 Å². The minimum Gasteiger partial charge on any atom is -0.457 e. The standard InChI is InChI=1S/C42H32N2O8S/c45-39-35-23-1-2-24(21-23)36(35)40(46)43(39)27-5-9-29(10-6-27)51-31-13-17-33(18-14-31)53(49,50)34-19-15-32(16-20-34)52-30-11-7-28(8-12-30)44-41(47)37-25-3-4-26(22-25)38(37)42(44)48/h1-20,23-26,35-38H,21-22H2/t23-,24-,25-,26-,35+,36+,37+,38+/m0/s1. The first-order valence-corrected chi connectivity index (χ1v) is 19.3. The van der Waals surface area contributed by atoms with Crippen LogP contribution in [0.25, 0.3) is 0 Å². The van der Waals surface area contributed by atoms with Crippen molar-refractivity contribution in [1.29, 1.82) is 0 Å². The Hall–Kier alpha value is -5.81. The quantitative estimate of drug-likeness (QED) is 0.145. The van der Waals surface area contributed by atoms with Crippen LogP contribution in [0, 0.1) is 47.3 Å². The van der Waals surface area contributed by atoms with E-state index in [4.69, 9.17) is 9.47 Å². The number of nitrogens with zero attached hydrogens (tertiary/aromatic N) is 2. The number of sulfone groups is 1. The smallest absolute Gasteiger partial charge is 0.238 e. The van der Waals surface area contributed by atoms with E-state index in [9.17, 15) is 27.6 Å². The van der Waals surface area contributed by atoms with Crippen LogP contribution < -0.4 is 19.3 Å². The Morgan fingerprint density at radius 1 is 0.415 bits per heavy atom. The lowest BCUT2D eigenvalue weighted by atomic mass is 9.85. The molecule has 4 amide bonds. The van der Waals surface area contributed by atoms with E-state index in [2.05, 4.69) is 24.3 Å². The molecule has 53 heavy (non-hydrogen) atoms. The van der Waals surface area contributed by atoms with Crippen LogP contribution in [-0.4, -0.2) is 32.0 Å². The lowest BCUT2D eigenvalue weighted by molar-refractivity contribution is -0.124. The van der Waals surface area contributed by atoms with Gasteiger partial charge in [-0.15, -0.1) is 0 Å². The van der Waals surface area contributed by atoms with E-state index >= 15 is 0 Å². The van der Waals surface area contributed by atoms with Gasteiger partial charge >= 0.3 is 0 Å². The van der Waals surface area contributed by atoms with Crippen molar-refractivity contribution < 1.29 is 37.1 Å². The number of allylic oxidation sites excluding steroid dienone is 4. The van der Waals surface area contributed by atoms with Gasteiger partial charge in [-0.3, -0.25) is 29.0 Å². The number of carbonyl (C=O) groups is 4. The molecule has 6 aliphatic rings. The fourth-order valence-corrected chi connectivity index (χ4v) is 10.7. The molecule has 10 nitrogen and oxygen atoms in total. The van der Waals surface area contributed by atoms with Gasteiger partial charge in [-0.05, 0) is 134 Å². The lowest BCUT2D eigenvalue weighted by Gasteiger charge is -2.17. The number of imide groups is 2. The molecule has 2 saturated heterocycles. The molecule has 0 spiro atoms. The van der Waals surface area contributed by atoms with Crippen molar-refractivity contribution in [3.63, 3.8) is 0 Å². The molecule has 0 aromatic heterocycles. The topological polar surface area (TPSA) is 127 Å². The molecule has 2 saturated carbocycles. The maximum Gasteiger partial charge on any atom is 0.238 e. The average Bonchev–Trinajstić information content (AvgIpc) is 4.03. The summed E-state index contributed by atoms with van der Waals surface area (Å²) in [5.41, 5.74) is 1.02. The summed E-state index contributed by atoms with van der Waals surface area (Å²) in [5, 5.41) is 0. The van der Waals surface area contributed by atoms with Crippen LogP contribution in [0.1, 0.15) is 12.8 Å². The summed E-state index contributed by atoms with van der Waals surface area (Å²) in [5.74, 6) is 0.706. The summed E-state index contributed by atoms with van der Waals surface area (Å²) < 4.78 is 38.7. The van der Waals surface area contributed by atoms with Crippen LogP contribution in [0.15, 0.2) is 131 Å². The molecule has 10 rings (SSSR count). The van der Waals surface area contributed by atoms with Crippen molar-refractivity contribution in [3.05, 3.63) is 121 Å². The van der Waals surface area contributed by atoms with Crippen molar-refractivity contribution in [2.45, 2.75) is 22.6 Å². The molecule has 4 aromatic carbocycles. The number of amides is 4. The minimum atomic E-state index is -3.85. The van der Waals surface area contributed by atoms with Crippen molar-refractivity contribution in [1.82, 2.24) is 0 Å². The third kappa shape index (κ3) is 4.86. The Morgan fingerprint density at radius 2 is 0.679 bits per heavy atom. The Bertz CT molecular complexity index is 2160. The van der Waals surface area contributed by atoms with E-state index in [1.807, 2.05) is 0 Å². The normalized spacial score (nSPS) is 29.1. The maximum atomic E-state index is 13.4. The summed E-state index contributed by atoms with van der Waals surface area (Å²) in [6.45, 7) is 0. The molecule has 264 valence electrons. The number of rotatable bonds is 8. The van der Waals surface area contributed by atoms with E-state index in [-0.39, 0.29) is 80.8 Å². The number of hydrogen-bond donors (Lipinski definition) is 0. The number of hydrogen-bond acceptors (Lipinski definition) is 8. The first-order chi connectivity index (χ1) is 25.7. The van der Waals surface area contributed by atoms with E-state index in [1.54, 1.807) is 72.8 Å². The van der Waals surface area contributed by atoms with Crippen LogP contribution in [-0.2, 0) is 29.0 Å². The van der Waals surface area contributed by atoms with Crippen molar-refractivity contribution in [3.8, 4) is 23.0 Å². The summed E-state index contributed by atoms with van der Waals surface area (Å²) in [6.07, 6.45) is 10.0. The minimum absolute atomic E-state index is 0.0865. The molecule has 4 fully saturated rings. The summed E-state index contributed by atoms with van der Waals surface area (Å²) >= 11 is 0. The summed E-state index contributed by atoms with van der Waals surface area (Å²) in [6, 6.07) is 25.6. The maximum absolute atomic E-state index is 13.4. The fraction of sp³-hybridized carbons (Fsp3) is 0.238. The highest BCUT2D eigenvalue weighted by Gasteiger charge is 2.60. The van der Waals surface area contributed by atoms with Crippen LogP contribution in [0.2, 0.25) is 0 Å². The Labute approximate surface area is 305 Å². The first-order valence-electron chi connectivity index (χ1n) is 17.8. The molecule has 4 bridgehead atoms. The number of benzene rings is 4. The highest BCUT2D eigenvalue weighted by atomic mass is 32.2. The molecule has 4 aromatic rings. The van der Waals surface area contributed by atoms with Gasteiger partial charge in [-0.25, -0.2) is 8.42 Å². The van der Waals surface area contributed by atoms with Crippen LogP contribution in [0.4, 0.5) is 11.4 Å². The second-order valence-electron chi connectivity index (χ2n) is 14.7. The van der Waals surface area contributed by atoms with E-state index < -0.39 is 9.84 Å². The van der Waals surface area contributed by atoms with Crippen molar-refractivity contribution >= 4 is 44.8 Å². The van der Waals surface area contributed by atoms with E-state index in [0.717, 1.165) is 12.8 Å². The zero-order valence-electron chi connectivity index (χ0n) is 28.1. The Kier molecular flexibility index (Phi) is 6.98. The lowest BCUT2D eigenvalue weighted by Crippen LogP contribution is -2.32. The Balaban J connectivity index is 0.770. The van der Waals surface area contributed by atoms with Gasteiger partial charge in [0.1, 0.15) is 23.0 Å².